The average molecular weight is 428 g/mol. The summed E-state index contributed by atoms with van der Waals surface area (Å²) >= 11 is 0. The summed E-state index contributed by atoms with van der Waals surface area (Å²) in [6.07, 6.45) is 0. The van der Waals surface area contributed by atoms with Gasteiger partial charge in [0, 0.05) is 11.1 Å². The van der Waals surface area contributed by atoms with Gasteiger partial charge in [-0.2, -0.15) is 0 Å². The maximum absolute atomic E-state index is 14.2. The van der Waals surface area contributed by atoms with Gasteiger partial charge in [-0.3, -0.25) is 9.59 Å². The van der Waals surface area contributed by atoms with E-state index in [4.69, 9.17) is 4.74 Å². The van der Waals surface area contributed by atoms with Crippen LogP contribution in [-0.2, 0) is 15.9 Å². The van der Waals surface area contributed by atoms with Crippen LogP contribution >= 0.6 is 0 Å². The Balaban J connectivity index is 1.63. The molecule has 3 nitrogen and oxygen atoms in total. The van der Waals surface area contributed by atoms with Gasteiger partial charge < -0.3 is 4.74 Å². The molecule has 0 saturated carbocycles. The van der Waals surface area contributed by atoms with Crippen molar-refractivity contribution in [1.29, 1.82) is 0 Å². The van der Waals surface area contributed by atoms with Gasteiger partial charge >= 0.3 is 0 Å². The zero-order chi connectivity index (χ0) is 22.2. The Labute approximate surface area is 191 Å². The molecule has 0 radical (unpaired) electrons. The lowest BCUT2D eigenvalue weighted by molar-refractivity contribution is -0.0530. The van der Waals surface area contributed by atoms with Gasteiger partial charge in [0.05, 0.1) is 11.8 Å². The molecule has 4 aromatic carbocycles. The molecule has 0 amide bonds. The summed E-state index contributed by atoms with van der Waals surface area (Å²) in [5.74, 6) is -1.33. The lowest BCUT2D eigenvalue weighted by Crippen LogP contribution is -2.50. The van der Waals surface area contributed by atoms with E-state index in [9.17, 15) is 9.59 Å². The first kappa shape index (κ1) is 18.7. The zero-order valence-electron chi connectivity index (χ0n) is 17.8. The number of carbonyl (C=O) groups is 2. The summed E-state index contributed by atoms with van der Waals surface area (Å²) in [6.45, 7) is 0. The second kappa shape index (κ2) is 6.37. The number of hydrogen-bond donors (Lipinski definition) is 0. The second-order valence-corrected chi connectivity index (χ2v) is 9.08. The molecule has 4 atom stereocenters. The Morgan fingerprint density at radius 1 is 0.485 bits per heavy atom. The topological polar surface area (TPSA) is 43.4 Å². The van der Waals surface area contributed by atoms with Crippen molar-refractivity contribution in [2.45, 2.75) is 11.2 Å². The largest absolute Gasteiger partial charge is 0.348 e. The van der Waals surface area contributed by atoms with Crippen LogP contribution in [0.3, 0.4) is 0 Å². The van der Waals surface area contributed by atoms with Crippen molar-refractivity contribution in [3.63, 3.8) is 0 Å². The van der Waals surface area contributed by atoms with Crippen LogP contribution in [0.15, 0.2) is 109 Å². The zero-order valence-corrected chi connectivity index (χ0v) is 17.8. The van der Waals surface area contributed by atoms with Crippen LogP contribution in [0.1, 0.15) is 43.0 Å². The summed E-state index contributed by atoms with van der Waals surface area (Å²) in [7, 11) is 0. The molecule has 7 rings (SSSR count). The van der Waals surface area contributed by atoms with Crippen molar-refractivity contribution in [2.24, 2.45) is 11.8 Å². The predicted octanol–water partition coefficient (Wildman–Crippen LogP) is 5.53. The van der Waals surface area contributed by atoms with Crippen LogP contribution in [0.25, 0.3) is 0 Å². The smallest absolute Gasteiger partial charge is 0.171 e. The van der Waals surface area contributed by atoms with Crippen LogP contribution in [-0.4, -0.2) is 11.6 Å². The molecule has 2 bridgehead atoms. The van der Waals surface area contributed by atoms with E-state index in [2.05, 4.69) is 12.1 Å². The van der Waals surface area contributed by atoms with Crippen LogP contribution in [0, 0.1) is 11.8 Å². The van der Waals surface area contributed by atoms with E-state index in [0.29, 0.717) is 11.1 Å². The van der Waals surface area contributed by atoms with Crippen LogP contribution in [0.2, 0.25) is 0 Å². The lowest BCUT2D eigenvalue weighted by Gasteiger charge is -2.41. The van der Waals surface area contributed by atoms with Crippen LogP contribution < -0.4 is 0 Å². The standard InChI is InChI=1S/C30H20O3/c31-27-21-15-7-8-16-22(21)28(32)26-25(27)29(19-11-3-1-4-12-19)23-17-9-10-18-24(23)30(26,33-29)20-13-5-2-6-14-20/h1-18,25-26H. The number of benzene rings is 4. The first-order valence-corrected chi connectivity index (χ1v) is 11.3. The molecule has 0 aromatic heterocycles. The van der Waals surface area contributed by atoms with Gasteiger partial charge in [-0.05, 0) is 22.3 Å². The minimum Gasteiger partial charge on any atom is -0.348 e. The summed E-state index contributed by atoms with van der Waals surface area (Å²) in [6, 6.07) is 35.1. The fourth-order valence-electron chi connectivity index (χ4n) is 6.51. The molecule has 158 valence electrons. The highest BCUT2D eigenvalue weighted by Gasteiger charge is 2.75. The highest BCUT2D eigenvalue weighted by molar-refractivity contribution is 6.18. The molecule has 0 spiro atoms. The summed E-state index contributed by atoms with van der Waals surface area (Å²) in [4.78, 5) is 28.3. The molecule has 3 heteroatoms. The fraction of sp³-hybridized carbons (Fsp3) is 0.133. The predicted molar refractivity (Wildman–Crippen MR) is 124 cm³/mol. The maximum Gasteiger partial charge on any atom is 0.171 e. The molecule has 33 heavy (non-hydrogen) atoms. The monoisotopic (exact) mass is 428 g/mol. The molecule has 1 fully saturated rings. The minimum atomic E-state index is -1.03. The van der Waals surface area contributed by atoms with E-state index in [-0.39, 0.29) is 11.6 Å². The third-order valence-electron chi connectivity index (χ3n) is 7.69. The van der Waals surface area contributed by atoms with E-state index in [1.165, 1.54) is 0 Å². The second-order valence-electron chi connectivity index (χ2n) is 9.08. The molecule has 1 aliphatic carbocycles. The fourth-order valence-corrected chi connectivity index (χ4v) is 6.51. The van der Waals surface area contributed by atoms with Gasteiger partial charge in [0.1, 0.15) is 11.2 Å². The summed E-state index contributed by atoms with van der Waals surface area (Å²) in [5.41, 5.74) is 2.69. The Kier molecular flexibility index (Phi) is 3.61. The molecule has 3 aliphatic rings. The lowest BCUT2D eigenvalue weighted by atomic mass is 9.55. The number of ether oxygens (including phenoxy) is 1. The Bertz CT molecular complexity index is 1330. The molecule has 2 aliphatic heterocycles. The molecule has 2 heterocycles. The van der Waals surface area contributed by atoms with Gasteiger partial charge in [0.25, 0.3) is 0 Å². The number of fused-ring (bicyclic) bond motifs is 9. The van der Waals surface area contributed by atoms with Gasteiger partial charge in [-0.25, -0.2) is 0 Å². The van der Waals surface area contributed by atoms with Gasteiger partial charge in [0.2, 0.25) is 0 Å². The molecule has 4 aromatic rings. The number of Topliss-reactive ketones (excluding diaryl/α,β-unsaturated/α-hetero) is 2. The maximum atomic E-state index is 14.2. The van der Waals surface area contributed by atoms with Crippen LogP contribution in [0.4, 0.5) is 0 Å². The van der Waals surface area contributed by atoms with Crippen molar-refractivity contribution < 1.29 is 14.3 Å². The number of ketones is 2. The third-order valence-corrected chi connectivity index (χ3v) is 7.69. The Hall–Kier alpha value is -3.82. The molecule has 1 saturated heterocycles. The SMILES string of the molecule is O=C1c2ccccc2C(=O)C2C1C1(c3ccccc3)OC2(c2ccccc2)c2ccccc21. The van der Waals surface area contributed by atoms with Crippen LogP contribution in [0.5, 0.6) is 0 Å². The van der Waals surface area contributed by atoms with Crippen molar-refractivity contribution in [2.75, 3.05) is 0 Å². The molecular weight excluding hydrogens is 408 g/mol. The van der Waals surface area contributed by atoms with Crippen molar-refractivity contribution in [3.8, 4) is 0 Å². The summed E-state index contributed by atoms with van der Waals surface area (Å²) < 4.78 is 7.17. The van der Waals surface area contributed by atoms with Gasteiger partial charge in [-0.15, -0.1) is 0 Å². The van der Waals surface area contributed by atoms with E-state index < -0.39 is 23.0 Å². The van der Waals surface area contributed by atoms with Crippen molar-refractivity contribution >= 4 is 11.6 Å². The number of carbonyl (C=O) groups excluding carboxylic acids is 2. The van der Waals surface area contributed by atoms with Crippen molar-refractivity contribution in [1.82, 2.24) is 0 Å². The molecular formula is C30H20O3. The molecule has 0 N–H and O–H groups in total. The van der Waals surface area contributed by atoms with E-state index in [1.54, 1.807) is 12.1 Å². The summed E-state index contributed by atoms with van der Waals surface area (Å²) in [5, 5.41) is 0. The highest BCUT2D eigenvalue weighted by atomic mass is 16.5. The average Bonchev–Trinajstić information content (AvgIpc) is 3.39. The van der Waals surface area contributed by atoms with E-state index >= 15 is 0 Å². The Morgan fingerprint density at radius 3 is 1.27 bits per heavy atom. The van der Waals surface area contributed by atoms with Crippen molar-refractivity contribution in [3.05, 3.63) is 143 Å². The normalized spacial score (nSPS) is 28.8. The van der Waals surface area contributed by atoms with Gasteiger partial charge in [-0.1, -0.05) is 109 Å². The Morgan fingerprint density at radius 2 is 0.848 bits per heavy atom. The van der Waals surface area contributed by atoms with E-state index in [1.807, 2.05) is 84.9 Å². The van der Waals surface area contributed by atoms with E-state index in [0.717, 1.165) is 22.3 Å². The first-order chi connectivity index (χ1) is 16.2. The minimum absolute atomic E-state index is 0.0219. The molecule has 4 unspecified atom stereocenters. The number of rotatable bonds is 2. The quantitative estimate of drug-likeness (QED) is 0.422. The van der Waals surface area contributed by atoms with Gasteiger partial charge in [0.15, 0.2) is 11.6 Å². The highest BCUT2D eigenvalue weighted by Crippen LogP contribution is 2.70. The first-order valence-electron chi connectivity index (χ1n) is 11.3. The third kappa shape index (κ3) is 2.09. The number of hydrogen-bond acceptors (Lipinski definition) is 3.